The average molecular weight is 276 g/mol. The van der Waals surface area contributed by atoms with Crippen molar-refractivity contribution in [3.05, 3.63) is 29.3 Å². The summed E-state index contributed by atoms with van der Waals surface area (Å²) in [6.45, 7) is 7.80. The van der Waals surface area contributed by atoms with Gasteiger partial charge in [0.05, 0.1) is 0 Å². The number of aromatic nitrogens is 2. The zero-order chi connectivity index (χ0) is 10.7. The summed E-state index contributed by atoms with van der Waals surface area (Å²) in [5.41, 5.74) is 0.923. The van der Waals surface area contributed by atoms with Crippen LogP contribution in [0.25, 0.3) is 6.08 Å². The lowest BCUT2D eigenvalue weighted by atomic mass is 10.1. The Balaban J connectivity index is 3.05. The quantitative estimate of drug-likeness (QED) is 0.618. The number of halogens is 2. The smallest absolute Gasteiger partial charge is 0.152 e. The van der Waals surface area contributed by atoms with Gasteiger partial charge in [0.15, 0.2) is 5.82 Å². The highest BCUT2D eigenvalue weighted by atomic mass is 79.9. The van der Waals surface area contributed by atoms with Crippen LogP contribution in [-0.2, 0) is 0 Å². The first kappa shape index (κ1) is 11.7. The first-order valence-electron chi connectivity index (χ1n) is 4.35. The Hall–Kier alpha value is -0.410. The average Bonchev–Trinajstić information content (AvgIpc) is 2.16. The Morgan fingerprint density at radius 3 is 2.64 bits per heavy atom. The van der Waals surface area contributed by atoms with Gasteiger partial charge in [-0.3, -0.25) is 0 Å². The standard InChI is InChI=1S/C10H12BrClN2/c1-4-8-13-5-7(10(12)14-8)9(11)6(2)3/h4-6,9H,1H2,2-3H3. The molecule has 1 unspecified atom stereocenters. The molecule has 0 aliphatic heterocycles. The van der Waals surface area contributed by atoms with Gasteiger partial charge in [-0.2, -0.15) is 0 Å². The minimum Gasteiger partial charge on any atom is -0.237 e. The number of rotatable bonds is 3. The van der Waals surface area contributed by atoms with Crippen molar-refractivity contribution >= 4 is 33.6 Å². The maximum atomic E-state index is 6.02. The summed E-state index contributed by atoms with van der Waals surface area (Å²) in [7, 11) is 0. The summed E-state index contributed by atoms with van der Waals surface area (Å²) in [6, 6.07) is 0. The van der Waals surface area contributed by atoms with Crippen molar-refractivity contribution in [2.75, 3.05) is 0 Å². The highest BCUT2D eigenvalue weighted by molar-refractivity contribution is 9.09. The molecular formula is C10H12BrClN2. The predicted octanol–water partition coefficient (Wildman–Crippen LogP) is 3.87. The van der Waals surface area contributed by atoms with E-state index in [1.54, 1.807) is 12.3 Å². The van der Waals surface area contributed by atoms with E-state index in [2.05, 4.69) is 46.3 Å². The first-order chi connectivity index (χ1) is 6.56. The topological polar surface area (TPSA) is 25.8 Å². The van der Waals surface area contributed by atoms with E-state index < -0.39 is 0 Å². The molecule has 0 aromatic carbocycles. The highest BCUT2D eigenvalue weighted by Gasteiger charge is 2.16. The normalized spacial score (nSPS) is 12.9. The molecule has 0 bridgehead atoms. The lowest BCUT2D eigenvalue weighted by Crippen LogP contribution is -2.02. The zero-order valence-corrected chi connectivity index (χ0v) is 10.5. The molecule has 0 fully saturated rings. The first-order valence-corrected chi connectivity index (χ1v) is 5.64. The molecule has 0 radical (unpaired) electrons. The minimum absolute atomic E-state index is 0.189. The molecule has 76 valence electrons. The molecule has 1 aromatic heterocycles. The Morgan fingerprint density at radius 1 is 1.57 bits per heavy atom. The van der Waals surface area contributed by atoms with Gasteiger partial charge in [0.25, 0.3) is 0 Å². The van der Waals surface area contributed by atoms with E-state index in [1.165, 1.54) is 0 Å². The van der Waals surface area contributed by atoms with Crippen LogP contribution < -0.4 is 0 Å². The maximum Gasteiger partial charge on any atom is 0.152 e. The Kier molecular flexibility index (Phi) is 4.08. The monoisotopic (exact) mass is 274 g/mol. The molecule has 4 heteroatoms. The van der Waals surface area contributed by atoms with Crippen LogP contribution in [0, 0.1) is 5.92 Å². The largest absolute Gasteiger partial charge is 0.237 e. The third-order valence-electron chi connectivity index (χ3n) is 1.85. The van der Waals surface area contributed by atoms with Crippen molar-refractivity contribution in [1.82, 2.24) is 9.97 Å². The summed E-state index contributed by atoms with van der Waals surface area (Å²) in [6.07, 6.45) is 3.32. The highest BCUT2D eigenvalue weighted by Crippen LogP contribution is 2.33. The van der Waals surface area contributed by atoms with Gasteiger partial charge in [-0.1, -0.05) is 48.0 Å². The van der Waals surface area contributed by atoms with E-state index in [-0.39, 0.29) is 4.83 Å². The Labute approximate surface area is 97.5 Å². The van der Waals surface area contributed by atoms with E-state index in [0.717, 1.165) is 5.56 Å². The molecule has 0 N–H and O–H groups in total. The van der Waals surface area contributed by atoms with Crippen LogP contribution in [-0.4, -0.2) is 9.97 Å². The molecule has 1 heterocycles. The number of nitrogens with zero attached hydrogens (tertiary/aromatic N) is 2. The van der Waals surface area contributed by atoms with Crippen molar-refractivity contribution in [3.8, 4) is 0 Å². The maximum absolute atomic E-state index is 6.02. The van der Waals surface area contributed by atoms with Gasteiger partial charge in [0, 0.05) is 16.6 Å². The summed E-state index contributed by atoms with van der Waals surface area (Å²) >= 11 is 9.58. The summed E-state index contributed by atoms with van der Waals surface area (Å²) < 4.78 is 0. The van der Waals surface area contributed by atoms with Crippen LogP contribution in [0.5, 0.6) is 0 Å². The van der Waals surface area contributed by atoms with Crippen molar-refractivity contribution in [3.63, 3.8) is 0 Å². The molecular weight excluding hydrogens is 263 g/mol. The van der Waals surface area contributed by atoms with Crippen molar-refractivity contribution in [2.45, 2.75) is 18.7 Å². The van der Waals surface area contributed by atoms with Crippen molar-refractivity contribution in [2.24, 2.45) is 5.92 Å². The molecule has 0 spiro atoms. The van der Waals surface area contributed by atoms with Gasteiger partial charge >= 0.3 is 0 Å². The fraction of sp³-hybridized carbons (Fsp3) is 0.400. The number of hydrogen-bond donors (Lipinski definition) is 0. The second-order valence-electron chi connectivity index (χ2n) is 3.32. The van der Waals surface area contributed by atoms with Gasteiger partial charge < -0.3 is 0 Å². The van der Waals surface area contributed by atoms with Crippen LogP contribution in [0.3, 0.4) is 0 Å². The van der Waals surface area contributed by atoms with Crippen LogP contribution in [0.4, 0.5) is 0 Å². The van der Waals surface area contributed by atoms with Gasteiger partial charge in [0.2, 0.25) is 0 Å². The van der Waals surface area contributed by atoms with Crippen LogP contribution in [0.15, 0.2) is 12.8 Å². The molecule has 14 heavy (non-hydrogen) atoms. The summed E-state index contributed by atoms with van der Waals surface area (Å²) in [5, 5.41) is 0.491. The van der Waals surface area contributed by atoms with E-state index in [9.17, 15) is 0 Å². The van der Waals surface area contributed by atoms with Gasteiger partial charge in [0.1, 0.15) is 5.15 Å². The fourth-order valence-corrected chi connectivity index (χ4v) is 1.75. The van der Waals surface area contributed by atoms with E-state index in [1.807, 2.05) is 0 Å². The zero-order valence-electron chi connectivity index (χ0n) is 8.17. The van der Waals surface area contributed by atoms with Gasteiger partial charge in [-0.15, -0.1) is 0 Å². The summed E-state index contributed by atoms with van der Waals surface area (Å²) in [4.78, 5) is 8.41. The van der Waals surface area contributed by atoms with Crippen molar-refractivity contribution in [1.29, 1.82) is 0 Å². The summed E-state index contributed by atoms with van der Waals surface area (Å²) in [5.74, 6) is 1.01. The molecule has 0 aliphatic carbocycles. The Morgan fingerprint density at radius 2 is 2.21 bits per heavy atom. The molecule has 1 rings (SSSR count). The third-order valence-corrected chi connectivity index (χ3v) is 3.71. The second kappa shape index (κ2) is 4.89. The lowest BCUT2D eigenvalue weighted by molar-refractivity contribution is 0.637. The van der Waals surface area contributed by atoms with Gasteiger partial charge in [-0.05, 0) is 12.0 Å². The molecule has 2 nitrogen and oxygen atoms in total. The SMILES string of the molecule is C=Cc1ncc(C(Br)C(C)C)c(Cl)n1. The predicted molar refractivity (Wildman–Crippen MR) is 63.6 cm³/mol. The van der Waals surface area contributed by atoms with E-state index >= 15 is 0 Å². The molecule has 1 aromatic rings. The molecule has 0 saturated carbocycles. The third kappa shape index (κ3) is 2.55. The number of hydrogen-bond acceptors (Lipinski definition) is 2. The van der Waals surface area contributed by atoms with E-state index in [4.69, 9.17) is 11.6 Å². The fourth-order valence-electron chi connectivity index (χ4n) is 1.03. The molecule has 1 atom stereocenters. The van der Waals surface area contributed by atoms with E-state index in [0.29, 0.717) is 16.9 Å². The molecule has 0 saturated heterocycles. The van der Waals surface area contributed by atoms with Crippen LogP contribution in [0.1, 0.15) is 30.1 Å². The second-order valence-corrected chi connectivity index (χ2v) is 4.67. The number of alkyl halides is 1. The van der Waals surface area contributed by atoms with Gasteiger partial charge in [-0.25, -0.2) is 9.97 Å². The molecule has 0 amide bonds. The van der Waals surface area contributed by atoms with Crippen molar-refractivity contribution < 1.29 is 0 Å². The molecule has 0 aliphatic rings. The van der Waals surface area contributed by atoms with Crippen LogP contribution >= 0.6 is 27.5 Å². The van der Waals surface area contributed by atoms with Crippen LogP contribution in [0.2, 0.25) is 5.15 Å². The Bertz CT molecular complexity index is 339. The lowest BCUT2D eigenvalue weighted by Gasteiger charge is -2.14. The minimum atomic E-state index is 0.189.